The van der Waals surface area contributed by atoms with E-state index in [1.807, 2.05) is 0 Å². The van der Waals surface area contributed by atoms with E-state index < -0.39 is 17.9 Å². The van der Waals surface area contributed by atoms with Crippen LogP contribution in [0.4, 0.5) is 10.5 Å². The molecule has 23 heavy (non-hydrogen) atoms. The van der Waals surface area contributed by atoms with Gasteiger partial charge in [0, 0.05) is 38.9 Å². The molecule has 1 atom stereocenters. The monoisotopic (exact) mass is 321 g/mol. The maximum Gasteiger partial charge on any atom is 0.321 e. The third-order valence-electron chi connectivity index (χ3n) is 3.43. The van der Waals surface area contributed by atoms with E-state index in [0.717, 1.165) is 5.56 Å². The molecule has 0 aliphatic carbocycles. The fourth-order valence-electron chi connectivity index (χ4n) is 2.01. The molecule has 0 heterocycles. The summed E-state index contributed by atoms with van der Waals surface area (Å²) >= 11 is 0. The minimum absolute atomic E-state index is 0.104. The first-order chi connectivity index (χ1) is 10.6. The van der Waals surface area contributed by atoms with Gasteiger partial charge in [-0.15, -0.1) is 0 Å². The fourth-order valence-corrected chi connectivity index (χ4v) is 2.01. The lowest BCUT2D eigenvalue weighted by atomic mass is 10.1. The van der Waals surface area contributed by atoms with Gasteiger partial charge in [-0.3, -0.25) is 9.59 Å². The number of carboxylic acids is 1. The van der Waals surface area contributed by atoms with Crippen molar-refractivity contribution in [3.8, 4) is 0 Å². The SMILES string of the molecule is Cc1cc(NC(=O)N(C)CC(C)C(=O)O)ccc1C(=O)N(C)C. The third kappa shape index (κ3) is 4.98. The molecular weight excluding hydrogens is 298 g/mol. The number of aliphatic carboxylic acids is 1. The van der Waals surface area contributed by atoms with Crippen LogP contribution in [0.15, 0.2) is 18.2 Å². The number of carboxylic acid groups (broad SMARTS) is 1. The molecule has 0 fully saturated rings. The number of amides is 3. The average Bonchev–Trinajstić information content (AvgIpc) is 2.46. The number of carbonyl (C=O) groups excluding carboxylic acids is 2. The van der Waals surface area contributed by atoms with Crippen molar-refractivity contribution in [2.75, 3.05) is 33.0 Å². The van der Waals surface area contributed by atoms with E-state index in [1.165, 1.54) is 23.8 Å². The summed E-state index contributed by atoms with van der Waals surface area (Å²) in [6.07, 6.45) is 0. The van der Waals surface area contributed by atoms with E-state index in [9.17, 15) is 14.4 Å². The number of nitrogens with zero attached hydrogens (tertiary/aromatic N) is 2. The topological polar surface area (TPSA) is 90.0 Å². The number of urea groups is 1. The smallest absolute Gasteiger partial charge is 0.321 e. The van der Waals surface area contributed by atoms with Gasteiger partial charge in [-0.2, -0.15) is 0 Å². The van der Waals surface area contributed by atoms with Crippen molar-refractivity contribution in [1.82, 2.24) is 9.80 Å². The highest BCUT2D eigenvalue weighted by Gasteiger charge is 2.18. The Labute approximate surface area is 135 Å². The van der Waals surface area contributed by atoms with E-state index in [0.29, 0.717) is 11.3 Å². The lowest BCUT2D eigenvalue weighted by Crippen LogP contribution is -2.36. The van der Waals surface area contributed by atoms with Gasteiger partial charge in [0.05, 0.1) is 5.92 Å². The van der Waals surface area contributed by atoms with Crippen LogP contribution in [0, 0.1) is 12.8 Å². The summed E-state index contributed by atoms with van der Waals surface area (Å²) in [5.74, 6) is -1.70. The maximum atomic E-state index is 12.1. The second kappa shape index (κ2) is 7.62. The molecule has 7 nitrogen and oxygen atoms in total. The predicted octanol–water partition coefficient (Wildman–Crippen LogP) is 1.88. The average molecular weight is 321 g/mol. The molecule has 7 heteroatoms. The number of anilines is 1. The first-order valence-electron chi connectivity index (χ1n) is 7.20. The van der Waals surface area contributed by atoms with Gasteiger partial charge in [-0.1, -0.05) is 6.92 Å². The van der Waals surface area contributed by atoms with Gasteiger partial charge in [-0.05, 0) is 30.7 Å². The number of hydrogen-bond acceptors (Lipinski definition) is 3. The molecule has 126 valence electrons. The first kappa shape index (κ1) is 18.5. The Morgan fingerprint density at radius 3 is 2.30 bits per heavy atom. The van der Waals surface area contributed by atoms with E-state index >= 15 is 0 Å². The van der Waals surface area contributed by atoms with Crippen LogP contribution in [0.3, 0.4) is 0 Å². The highest BCUT2D eigenvalue weighted by molar-refractivity contribution is 5.96. The second-order valence-electron chi connectivity index (χ2n) is 5.78. The zero-order chi connectivity index (χ0) is 17.7. The molecule has 0 aliphatic heterocycles. The molecule has 2 N–H and O–H groups in total. The van der Waals surface area contributed by atoms with Crippen LogP contribution in [0.5, 0.6) is 0 Å². The van der Waals surface area contributed by atoms with Crippen molar-refractivity contribution in [2.45, 2.75) is 13.8 Å². The van der Waals surface area contributed by atoms with E-state index in [2.05, 4.69) is 5.32 Å². The second-order valence-corrected chi connectivity index (χ2v) is 5.78. The largest absolute Gasteiger partial charge is 0.481 e. The van der Waals surface area contributed by atoms with E-state index in [4.69, 9.17) is 5.11 Å². The number of benzene rings is 1. The molecule has 1 aromatic carbocycles. The van der Waals surface area contributed by atoms with Gasteiger partial charge < -0.3 is 20.2 Å². The molecule has 3 amide bonds. The van der Waals surface area contributed by atoms with E-state index in [-0.39, 0.29) is 12.5 Å². The Balaban J connectivity index is 2.78. The van der Waals surface area contributed by atoms with Crippen molar-refractivity contribution in [3.05, 3.63) is 29.3 Å². The van der Waals surface area contributed by atoms with Crippen LogP contribution in [-0.4, -0.2) is 60.5 Å². The molecule has 0 aliphatic rings. The van der Waals surface area contributed by atoms with Crippen LogP contribution in [-0.2, 0) is 4.79 Å². The van der Waals surface area contributed by atoms with Crippen molar-refractivity contribution in [3.63, 3.8) is 0 Å². The number of carbonyl (C=O) groups is 3. The number of nitrogens with one attached hydrogen (secondary N) is 1. The Bertz CT molecular complexity index is 613. The first-order valence-corrected chi connectivity index (χ1v) is 7.20. The highest BCUT2D eigenvalue weighted by atomic mass is 16.4. The summed E-state index contributed by atoms with van der Waals surface area (Å²) in [5.41, 5.74) is 1.88. The zero-order valence-electron chi connectivity index (χ0n) is 14.1. The Morgan fingerprint density at radius 1 is 1.22 bits per heavy atom. The standard InChI is InChI=1S/C16H23N3O4/c1-10-8-12(6-7-13(10)14(20)18(3)4)17-16(23)19(5)9-11(2)15(21)22/h6-8,11H,9H2,1-5H3,(H,17,23)(H,21,22). The summed E-state index contributed by atoms with van der Waals surface area (Å²) in [6, 6.07) is 4.62. The minimum Gasteiger partial charge on any atom is -0.481 e. The molecule has 0 radical (unpaired) electrons. The summed E-state index contributed by atoms with van der Waals surface area (Å²) in [4.78, 5) is 37.6. The van der Waals surface area contributed by atoms with Gasteiger partial charge in [0.15, 0.2) is 0 Å². The summed E-state index contributed by atoms with van der Waals surface area (Å²) in [5, 5.41) is 11.6. The minimum atomic E-state index is -0.952. The molecule has 1 aromatic rings. The van der Waals surface area contributed by atoms with Crippen LogP contribution in [0.2, 0.25) is 0 Å². The molecule has 0 spiro atoms. The van der Waals surface area contributed by atoms with Gasteiger partial charge in [0.1, 0.15) is 0 Å². The normalized spacial score (nSPS) is 11.5. The maximum absolute atomic E-state index is 12.1. The van der Waals surface area contributed by atoms with E-state index in [1.54, 1.807) is 39.2 Å². The van der Waals surface area contributed by atoms with Crippen molar-refractivity contribution >= 4 is 23.6 Å². The molecule has 0 bridgehead atoms. The number of hydrogen-bond donors (Lipinski definition) is 2. The fraction of sp³-hybridized carbons (Fsp3) is 0.438. The van der Waals surface area contributed by atoms with Crippen LogP contribution in [0.1, 0.15) is 22.8 Å². The summed E-state index contributed by atoms with van der Waals surface area (Å²) in [6.45, 7) is 3.44. The van der Waals surface area contributed by atoms with Crippen molar-refractivity contribution in [2.24, 2.45) is 5.92 Å². The molecule has 1 unspecified atom stereocenters. The third-order valence-corrected chi connectivity index (χ3v) is 3.43. The number of rotatable bonds is 5. The van der Waals surface area contributed by atoms with Gasteiger partial charge >= 0.3 is 12.0 Å². The Kier molecular flexibility index (Phi) is 6.12. The van der Waals surface area contributed by atoms with Gasteiger partial charge in [0.25, 0.3) is 5.91 Å². The van der Waals surface area contributed by atoms with Gasteiger partial charge in [0.2, 0.25) is 0 Å². The number of aryl methyl sites for hydroxylation is 1. The van der Waals surface area contributed by atoms with Crippen LogP contribution in [0.25, 0.3) is 0 Å². The zero-order valence-corrected chi connectivity index (χ0v) is 14.1. The predicted molar refractivity (Wildman–Crippen MR) is 87.6 cm³/mol. The molecule has 1 rings (SSSR count). The summed E-state index contributed by atoms with van der Waals surface area (Å²) in [7, 11) is 4.89. The molecular formula is C16H23N3O4. The highest BCUT2D eigenvalue weighted by Crippen LogP contribution is 2.17. The van der Waals surface area contributed by atoms with Crippen LogP contribution >= 0.6 is 0 Å². The quantitative estimate of drug-likeness (QED) is 0.866. The molecule has 0 saturated carbocycles. The lowest BCUT2D eigenvalue weighted by molar-refractivity contribution is -0.141. The molecule has 0 aromatic heterocycles. The van der Waals surface area contributed by atoms with Gasteiger partial charge in [-0.25, -0.2) is 4.79 Å². The Morgan fingerprint density at radius 2 is 1.83 bits per heavy atom. The van der Waals surface area contributed by atoms with Crippen molar-refractivity contribution in [1.29, 1.82) is 0 Å². The summed E-state index contributed by atoms with van der Waals surface area (Å²) < 4.78 is 0. The Hall–Kier alpha value is -2.57. The van der Waals surface area contributed by atoms with Crippen molar-refractivity contribution < 1.29 is 19.5 Å². The lowest BCUT2D eigenvalue weighted by Gasteiger charge is -2.20. The van der Waals surface area contributed by atoms with Crippen LogP contribution < -0.4 is 5.32 Å². The molecule has 0 saturated heterocycles.